The minimum Gasteiger partial charge on any atom is -0.379 e. The zero-order valence-electron chi connectivity index (χ0n) is 12.8. The highest BCUT2D eigenvalue weighted by atomic mass is 35.5. The summed E-state index contributed by atoms with van der Waals surface area (Å²) < 4.78 is 19.0. The van der Waals surface area contributed by atoms with E-state index in [1.807, 2.05) is 6.07 Å². The summed E-state index contributed by atoms with van der Waals surface area (Å²) in [4.78, 5) is 0. The number of ether oxygens (including phenoxy) is 1. The monoisotopic (exact) mass is 301 g/mol. The number of hydrogen-bond acceptors (Lipinski definition) is 2. The second kappa shape index (κ2) is 7.96. The number of nitrogens with one attached hydrogen (secondary N) is 1. The predicted octanol–water partition coefficient (Wildman–Crippen LogP) is 4.20. The maximum Gasteiger partial charge on any atom is 0.142 e. The average Bonchev–Trinajstić information content (AvgIpc) is 2.40. The quantitative estimate of drug-likeness (QED) is 0.777. The average molecular weight is 302 g/mol. The van der Waals surface area contributed by atoms with Gasteiger partial charge in [0.1, 0.15) is 5.82 Å². The molecular formula is C16H25ClFNO. The van der Waals surface area contributed by atoms with Crippen LogP contribution in [0.1, 0.15) is 39.2 Å². The summed E-state index contributed by atoms with van der Waals surface area (Å²) in [5.41, 5.74) is 0.753. The van der Waals surface area contributed by atoms with Crippen molar-refractivity contribution in [3.8, 4) is 0 Å². The van der Waals surface area contributed by atoms with Gasteiger partial charge in [0.25, 0.3) is 0 Å². The highest BCUT2D eigenvalue weighted by Crippen LogP contribution is 2.21. The molecule has 1 aromatic rings. The molecule has 0 saturated carbocycles. The summed E-state index contributed by atoms with van der Waals surface area (Å²) in [7, 11) is 1.72. The highest BCUT2D eigenvalue weighted by molar-refractivity contribution is 6.30. The Balaban J connectivity index is 2.75. The molecule has 1 N–H and O–H groups in total. The van der Waals surface area contributed by atoms with Crippen molar-refractivity contribution in [2.45, 2.75) is 51.7 Å². The minimum atomic E-state index is -0.357. The van der Waals surface area contributed by atoms with Gasteiger partial charge in [-0.3, -0.25) is 0 Å². The van der Waals surface area contributed by atoms with Crippen molar-refractivity contribution < 1.29 is 9.13 Å². The van der Waals surface area contributed by atoms with Gasteiger partial charge >= 0.3 is 0 Å². The molecule has 1 unspecified atom stereocenters. The van der Waals surface area contributed by atoms with Crippen LogP contribution in [0.3, 0.4) is 0 Å². The highest BCUT2D eigenvalue weighted by Gasteiger charge is 2.22. The van der Waals surface area contributed by atoms with Gasteiger partial charge in [0.15, 0.2) is 0 Å². The molecule has 2 nitrogen and oxygen atoms in total. The molecule has 0 bridgehead atoms. The third kappa shape index (κ3) is 5.78. The van der Waals surface area contributed by atoms with Gasteiger partial charge in [-0.05, 0) is 57.4 Å². The van der Waals surface area contributed by atoms with E-state index in [1.54, 1.807) is 13.2 Å². The molecule has 0 aliphatic rings. The first kappa shape index (κ1) is 17.4. The van der Waals surface area contributed by atoms with Crippen LogP contribution in [-0.4, -0.2) is 25.3 Å². The molecule has 0 fully saturated rings. The summed E-state index contributed by atoms with van der Waals surface area (Å²) in [6, 6.07) is 5.27. The lowest BCUT2D eigenvalue weighted by molar-refractivity contribution is 0.00714. The summed E-state index contributed by atoms with van der Waals surface area (Å²) in [6.45, 7) is 7.21. The van der Waals surface area contributed by atoms with E-state index < -0.39 is 0 Å². The molecule has 0 radical (unpaired) electrons. The Kier molecular flexibility index (Phi) is 6.93. The molecule has 20 heavy (non-hydrogen) atoms. The van der Waals surface area contributed by atoms with E-state index in [-0.39, 0.29) is 22.5 Å². The molecule has 1 atom stereocenters. The topological polar surface area (TPSA) is 21.3 Å². The molecule has 0 heterocycles. The van der Waals surface area contributed by atoms with E-state index in [1.165, 1.54) is 6.07 Å². The summed E-state index contributed by atoms with van der Waals surface area (Å²) in [5.74, 6) is -0.357. The SMILES string of the molecule is CCCNC(Cc1ccc(Cl)c(F)c1)CC(C)(C)OC. The van der Waals surface area contributed by atoms with Crippen molar-refractivity contribution in [3.05, 3.63) is 34.6 Å². The molecule has 0 aliphatic heterocycles. The van der Waals surface area contributed by atoms with Crippen molar-refractivity contribution in [2.75, 3.05) is 13.7 Å². The van der Waals surface area contributed by atoms with Crippen molar-refractivity contribution in [2.24, 2.45) is 0 Å². The lowest BCUT2D eigenvalue weighted by atomic mass is 9.94. The van der Waals surface area contributed by atoms with E-state index in [4.69, 9.17) is 16.3 Å². The Morgan fingerprint density at radius 2 is 2.10 bits per heavy atom. The molecule has 0 saturated heterocycles. The van der Waals surface area contributed by atoms with Crippen molar-refractivity contribution in [1.82, 2.24) is 5.32 Å². The summed E-state index contributed by atoms with van der Waals surface area (Å²) in [5, 5.41) is 3.68. The van der Waals surface area contributed by atoms with E-state index in [0.29, 0.717) is 0 Å². The Hall–Kier alpha value is -0.640. The lowest BCUT2D eigenvalue weighted by Crippen LogP contribution is -2.39. The van der Waals surface area contributed by atoms with Crippen LogP contribution in [0, 0.1) is 5.82 Å². The van der Waals surface area contributed by atoms with Crippen molar-refractivity contribution in [3.63, 3.8) is 0 Å². The second-order valence-corrected chi connectivity index (χ2v) is 6.18. The standard InChI is InChI=1S/C16H25ClFNO/c1-5-8-19-13(11-16(2,3)20-4)9-12-6-7-14(17)15(18)10-12/h6-7,10,13,19H,5,8-9,11H2,1-4H3. The van der Waals surface area contributed by atoms with Crippen LogP contribution in [0.15, 0.2) is 18.2 Å². The molecule has 1 rings (SSSR count). The van der Waals surface area contributed by atoms with E-state index in [0.717, 1.165) is 31.4 Å². The first-order chi connectivity index (χ1) is 9.38. The summed E-state index contributed by atoms with van der Waals surface area (Å²) >= 11 is 5.72. The Morgan fingerprint density at radius 3 is 2.65 bits per heavy atom. The van der Waals surface area contributed by atoms with Crippen LogP contribution >= 0.6 is 11.6 Å². The fourth-order valence-electron chi connectivity index (χ4n) is 2.19. The van der Waals surface area contributed by atoms with Gasteiger partial charge in [-0.1, -0.05) is 24.6 Å². The van der Waals surface area contributed by atoms with Gasteiger partial charge in [0.05, 0.1) is 10.6 Å². The van der Waals surface area contributed by atoms with Gasteiger partial charge in [-0.25, -0.2) is 4.39 Å². The smallest absolute Gasteiger partial charge is 0.142 e. The van der Waals surface area contributed by atoms with Gasteiger partial charge in [-0.2, -0.15) is 0 Å². The number of hydrogen-bond donors (Lipinski definition) is 1. The molecule has 0 amide bonds. The third-order valence-corrected chi connectivity index (χ3v) is 3.75. The fourth-order valence-corrected chi connectivity index (χ4v) is 2.31. The van der Waals surface area contributed by atoms with Crippen LogP contribution < -0.4 is 5.32 Å². The zero-order valence-corrected chi connectivity index (χ0v) is 13.6. The van der Waals surface area contributed by atoms with Crippen LogP contribution in [0.2, 0.25) is 5.02 Å². The Bertz CT molecular complexity index is 423. The Labute approximate surface area is 126 Å². The first-order valence-electron chi connectivity index (χ1n) is 7.10. The van der Waals surface area contributed by atoms with Gasteiger partial charge in [-0.15, -0.1) is 0 Å². The summed E-state index contributed by atoms with van der Waals surface area (Å²) in [6.07, 6.45) is 2.70. The van der Waals surface area contributed by atoms with Gasteiger partial charge in [0.2, 0.25) is 0 Å². The maximum atomic E-state index is 13.5. The molecule has 0 spiro atoms. The lowest BCUT2D eigenvalue weighted by Gasteiger charge is -2.29. The van der Waals surface area contributed by atoms with E-state index in [9.17, 15) is 4.39 Å². The molecule has 0 aliphatic carbocycles. The molecule has 0 aromatic heterocycles. The number of methoxy groups -OCH3 is 1. The van der Waals surface area contributed by atoms with Crippen LogP contribution in [0.25, 0.3) is 0 Å². The molecular weight excluding hydrogens is 277 g/mol. The van der Waals surface area contributed by atoms with Gasteiger partial charge in [0, 0.05) is 13.2 Å². The molecule has 114 valence electrons. The Morgan fingerprint density at radius 1 is 1.40 bits per heavy atom. The number of halogens is 2. The minimum absolute atomic E-state index is 0.170. The van der Waals surface area contributed by atoms with Crippen molar-refractivity contribution >= 4 is 11.6 Å². The molecule has 4 heteroatoms. The van der Waals surface area contributed by atoms with Crippen LogP contribution in [0.5, 0.6) is 0 Å². The van der Waals surface area contributed by atoms with Crippen molar-refractivity contribution in [1.29, 1.82) is 0 Å². The first-order valence-corrected chi connectivity index (χ1v) is 7.48. The fraction of sp³-hybridized carbons (Fsp3) is 0.625. The van der Waals surface area contributed by atoms with Crippen LogP contribution in [0.4, 0.5) is 4.39 Å². The predicted molar refractivity (Wildman–Crippen MR) is 82.9 cm³/mol. The van der Waals surface area contributed by atoms with Crippen LogP contribution in [-0.2, 0) is 11.2 Å². The zero-order chi connectivity index (χ0) is 15.2. The van der Waals surface area contributed by atoms with E-state index in [2.05, 4.69) is 26.1 Å². The number of rotatable bonds is 8. The normalized spacial score (nSPS) is 13.5. The van der Waals surface area contributed by atoms with Gasteiger partial charge < -0.3 is 10.1 Å². The third-order valence-electron chi connectivity index (χ3n) is 3.44. The molecule has 1 aromatic carbocycles. The van der Waals surface area contributed by atoms with E-state index >= 15 is 0 Å². The number of benzene rings is 1. The largest absolute Gasteiger partial charge is 0.379 e. The maximum absolute atomic E-state index is 13.5. The second-order valence-electron chi connectivity index (χ2n) is 5.77.